The molecule has 6 rings (SSSR count). The maximum Gasteiger partial charge on any atom is 0.281 e. The number of Topliss-reactive ketones (excluding diaryl/α,β-unsaturated/α-hetero) is 1. The van der Waals surface area contributed by atoms with Crippen LogP contribution in [-0.2, 0) is 27.9 Å². The van der Waals surface area contributed by atoms with Crippen molar-refractivity contribution in [1.29, 1.82) is 0 Å². The summed E-state index contributed by atoms with van der Waals surface area (Å²) in [6.45, 7) is 1.51. The fraction of sp³-hybridized carbons (Fsp3) is 0.438. The molecular formula is C32H36N4O5S. The lowest BCUT2D eigenvalue weighted by atomic mass is 10.0. The van der Waals surface area contributed by atoms with Crippen LogP contribution in [0.3, 0.4) is 0 Å². The molecule has 2 fully saturated rings. The zero-order valence-corrected chi connectivity index (χ0v) is 25.1. The second kappa shape index (κ2) is 11.9. The molecule has 2 aromatic heterocycles. The highest BCUT2D eigenvalue weighted by atomic mass is 32.1. The highest BCUT2D eigenvalue weighted by Crippen LogP contribution is 2.48. The van der Waals surface area contributed by atoms with Gasteiger partial charge >= 0.3 is 0 Å². The van der Waals surface area contributed by atoms with Crippen LogP contribution in [0.25, 0.3) is 10.3 Å². The molecule has 2 aliphatic rings. The van der Waals surface area contributed by atoms with Gasteiger partial charge in [0.25, 0.3) is 5.56 Å². The number of benzene rings is 2. The molecule has 1 saturated carbocycles. The number of hydrogen-bond donors (Lipinski definition) is 0. The summed E-state index contributed by atoms with van der Waals surface area (Å²) in [4.78, 5) is 40.0. The van der Waals surface area contributed by atoms with Gasteiger partial charge in [0.1, 0.15) is 17.3 Å². The maximum atomic E-state index is 14.1. The Morgan fingerprint density at radius 3 is 2.60 bits per heavy atom. The van der Waals surface area contributed by atoms with Gasteiger partial charge < -0.3 is 19.1 Å². The Morgan fingerprint density at radius 2 is 1.88 bits per heavy atom. The minimum atomic E-state index is -0.310. The molecule has 0 spiro atoms. The molecule has 0 radical (unpaired) electrons. The van der Waals surface area contributed by atoms with Gasteiger partial charge in [-0.1, -0.05) is 41.7 Å². The van der Waals surface area contributed by atoms with Crippen molar-refractivity contribution in [2.24, 2.45) is 0 Å². The van der Waals surface area contributed by atoms with E-state index >= 15 is 0 Å². The van der Waals surface area contributed by atoms with E-state index in [1.165, 1.54) is 11.3 Å². The van der Waals surface area contributed by atoms with E-state index in [1.807, 2.05) is 36.4 Å². The van der Waals surface area contributed by atoms with E-state index in [4.69, 9.17) is 24.2 Å². The van der Waals surface area contributed by atoms with Crippen LogP contribution in [0.2, 0.25) is 0 Å². The first-order chi connectivity index (χ1) is 20.5. The Hall–Kier alpha value is -3.76. The molecule has 4 aromatic rings. The molecule has 10 heteroatoms. The summed E-state index contributed by atoms with van der Waals surface area (Å²) < 4.78 is 18.3. The van der Waals surface area contributed by atoms with E-state index in [2.05, 4.69) is 17.0 Å². The predicted octanol–water partition coefficient (Wildman–Crippen LogP) is 4.77. The molecule has 2 aromatic carbocycles. The second-order valence-electron chi connectivity index (χ2n) is 11.2. The van der Waals surface area contributed by atoms with E-state index in [9.17, 15) is 9.59 Å². The summed E-state index contributed by atoms with van der Waals surface area (Å²) in [6.07, 6.45) is 4.70. The van der Waals surface area contributed by atoms with E-state index in [-0.39, 0.29) is 29.3 Å². The van der Waals surface area contributed by atoms with Crippen molar-refractivity contribution in [2.45, 2.75) is 56.5 Å². The van der Waals surface area contributed by atoms with Gasteiger partial charge in [0.2, 0.25) is 0 Å². The summed E-state index contributed by atoms with van der Waals surface area (Å²) in [5, 5.41) is 0.687. The molecule has 1 aliphatic heterocycles. The number of ketones is 1. The summed E-state index contributed by atoms with van der Waals surface area (Å²) in [5.74, 6) is 2.24. The number of nitrogens with zero attached hydrogens (tertiary/aromatic N) is 4. The van der Waals surface area contributed by atoms with Crippen LogP contribution in [-0.4, -0.2) is 60.8 Å². The monoisotopic (exact) mass is 588 g/mol. The summed E-state index contributed by atoms with van der Waals surface area (Å²) in [5.41, 5.74) is 1.84. The van der Waals surface area contributed by atoms with Gasteiger partial charge in [-0.3, -0.25) is 14.2 Å². The average molecular weight is 589 g/mol. The van der Waals surface area contributed by atoms with Crippen LogP contribution >= 0.6 is 11.3 Å². The molecule has 0 N–H and O–H groups in total. The Morgan fingerprint density at radius 1 is 1.07 bits per heavy atom. The van der Waals surface area contributed by atoms with Crippen molar-refractivity contribution >= 4 is 32.6 Å². The third kappa shape index (κ3) is 5.41. The number of carbonyl (C=O) groups excluding carboxylic acids is 1. The van der Waals surface area contributed by atoms with Gasteiger partial charge in [-0.05, 0) is 49.8 Å². The number of thiazole rings is 1. The van der Waals surface area contributed by atoms with Crippen molar-refractivity contribution < 1.29 is 19.0 Å². The zero-order valence-electron chi connectivity index (χ0n) is 24.3. The molecule has 9 nitrogen and oxygen atoms in total. The zero-order chi connectivity index (χ0) is 29.3. The third-order valence-corrected chi connectivity index (χ3v) is 9.44. The predicted molar refractivity (Wildman–Crippen MR) is 163 cm³/mol. The number of methoxy groups -OCH3 is 3. The van der Waals surface area contributed by atoms with Crippen LogP contribution in [0.4, 0.5) is 5.13 Å². The Bertz CT molecular complexity index is 1650. The molecule has 3 heterocycles. The first-order valence-electron chi connectivity index (χ1n) is 14.4. The van der Waals surface area contributed by atoms with Crippen LogP contribution in [0, 0.1) is 0 Å². The summed E-state index contributed by atoms with van der Waals surface area (Å²) in [6, 6.07) is 15.5. The first-order valence-corrected chi connectivity index (χ1v) is 15.2. The first kappa shape index (κ1) is 28.4. The number of carbonyl (C=O) groups is 1. The minimum absolute atomic E-state index is 0.191. The maximum absolute atomic E-state index is 14.1. The minimum Gasteiger partial charge on any atom is -0.497 e. The van der Waals surface area contributed by atoms with Crippen LogP contribution < -0.4 is 19.9 Å². The molecule has 0 unspecified atom stereocenters. The highest BCUT2D eigenvalue weighted by molar-refractivity contribution is 7.21. The van der Waals surface area contributed by atoms with Gasteiger partial charge in [-0.2, -0.15) is 0 Å². The fourth-order valence-electron chi connectivity index (χ4n) is 5.99. The van der Waals surface area contributed by atoms with Crippen LogP contribution in [0.15, 0.2) is 53.3 Å². The van der Waals surface area contributed by atoms with Crippen molar-refractivity contribution in [2.75, 3.05) is 39.4 Å². The van der Waals surface area contributed by atoms with Gasteiger partial charge in [0.05, 0.1) is 38.8 Å². The van der Waals surface area contributed by atoms with Crippen molar-refractivity contribution in [1.82, 2.24) is 14.5 Å². The smallest absolute Gasteiger partial charge is 0.281 e. The largest absolute Gasteiger partial charge is 0.497 e. The highest BCUT2D eigenvalue weighted by Gasteiger charge is 2.48. The topological polar surface area (TPSA) is 95.8 Å². The lowest BCUT2D eigenvalue weighted by Crippen LogP contribution is -2.36. The number of aromatic nitrogens is 3. The number of rotatable bonds is 12. The third-order valence-electron chi connectivity index (χ3n) is 8.45. The summed E-state index contributed by atoms with van der Waals surface area (Å²) >= 11 is 1.40. The van der Waals surface area contributed by atoms with Gasteiger partial charge in [-0.25, -0.2) is 9.97 Å². The molecule has 0 amide bonds. The number of fused-ring (bicyclic) bond motifs is 1. The lowest BCUT2D eigenvalue weighted by molar-refractivity contribution is -0.120. The Balaban J connectivity index is 1.35. The SMILES string of the molecule is COCC1(c2nc3sc(N4CCC[C@@H]4C(=O)CCc4ccccc4)nc3c(=O)n2Cc2ccc(OC)cc2OC)CC1. The fourth-order valence-corrected chi connectivity index (χ4v) is 7.00. The molecule has 220 valence electrons. The average Bonchev–Trinajstić information content (AvgIpc) is 3.41. The van der Waals surface area contributed by atoms with Crippen molar-refractivity contribution in [3.05, 3.63) is 75.8 Å². The van der Waals surface area contributed by atoms with Gasteiger partial charge in [0, 0.05) is 31.7 Å². The lowest BCUT2D eigenvalue weighted by Gasteiger charge is -2.22. The number of aryl methyl sites for hydroxylation is 1. The molecule has 1 atom stereocenters. The van der Waals surface area contributed by atoms with Crippen LogP contribution in [0.1, 0.15) is 49.1 Å². The standard InChI is InChI=1S/C32H36N4O5S/c1-39-20-32(15-16-32)30-34-28-27(29(38)36(30)19-22-12-13-23(40-2)18-26(22)41-3)33-31(42-28)35-17-7-10-24(35)25(37)14-11-21-8-5-4-6-9-21/h4-6,8-9,12-13,18,24H,7,10-11,14-17,19-20H2,1-3H3/t24-/m1/s1. The Kier molecular flexibility index (Phi) is 8.00. The molecule has 1 saturated heterocycles. The van der Waals surface area contributed by atoms with Gasteiger partial charge in [-0.15, -0.1) is 0 Å². The van der Waals surface area contributed by atoms with E-state index in [0.717, 1.165) is 49.8 Å². The normalized spacial score (nSPS) is 17.5. The van der Waals surface area contributed by atoms with E-state index in [0.29, 0.717) is 45.8 Å². The summed E-state index contributed by atoms with van der Waals surface area (Å²) in [7, 11) is 4.90. The van der Waals surface area contributed by atoms with Crippen molar-refractivity contribution in [3.63, 3.8) is 0 Å². The number of hydrogen-bond acceptors (Lipinski definition) is 9. The number of ether oxygens (including phenoxy) is 3. The van der Waals surface area contributed by atoms with E-state index < -0.39 is 0 Å². The molecular weight excluding hydrogens is 552 g/mol. The second-order valence-corrected chi connectivity index (χ2v) is 12.1. The van der Waals surface area contributed by atoms with E-state index in [1.54, 1.807) is 25.9 Å². The molecule has 1 aliphatic carbocycles. The number of anilines is 1. The van der Waals surface area contributed by atoms with Crippen LogP contribution in [0.5, 0.6) is 11.5 Å². The molecule has 42 heavy (non-hydrogen) atoms. The van der Waals surface area contributed by atoms with Crippen molar-refractivity contribution in [3.8, 4) is 11.5 Å². The Labute approximate surface area is 249 Å². The quantitative estimate of drug-likeness (QED) is 0.234. The molecule has 0 bridgehead atoms. The van der Waals surface area contributed by atoms with Gasteiger partial charge in [0.15, 0.2) is 21.3 Å².